The van der Waals surface area contributed by atoms with E-state index in [1.165, 1.54) is 0 Å². The van der Waals surface area contributed by atoms with Gasteiger partial charge in [-0.15, -0.1) is 0 Å². The number of nitrogens with one attached hydrogen (secondary N) is 1. The Balaban J connectivity index is 4.10. The Morgan fingerprint density at radius 1 is 1.46 bits per heavy atom. The normalized spacial score (nSPS) is 13.7. The Morgan fingerprint density at radius 3 is 2.31 bits per heavy atom. The van der Waals surface area contributed by atoms with E-state index >= 15 is 0 Å². The summed E-state index contributed by atoms with van der Waals surface area (Å²) in [6.45, 7) is 6.97. The smallest absolute Gasteiger partial charge is 0.0920 e. The number of nitrogens with zero attached hydrogens (tertiary/aromatic N) is 1. The predicted molar refractivity (Wildman–Crippen MR) is 54.9 cm³/mol. The van der Waals surface area contributed by atoms with Crippen LogP contribution in [0.25, 0.3) is 0 Å². The van der Waals surface area contributed by atoms with Gasteiger partial charge in [0.1, 0.15) is 0 Å². The van der Waals surface area contributed by atoms with Gasteiger partial charge in [0.15, 0.2) is 0 Å². The van der Waals surface area contributed by atoms with E-state index in [1.807, 2.05) is 6.92 Å². The predicted octanol–water partition coefficient (Wildman–Crippen LogP) is 0.404. The molecule has 0 fully saturated rings. The third-order valence-electron chi connectivity index (χ3n) is 2.10. The summed E-state index contributed by atoms with van der Waals surface area (Å²) < 4.78 is 0. The molecule has 0 amide bonds. The van der Waals surface area contributed by atoms with E-state index in [9.17, 15) is 0 Å². The largest absolute Gasteiger partial charge is 0.395 e. The van der Waals surface area contributed by atoms with E-state index in [-0.39, 0.29) is 18.5 Å². The lowest BCUT2D eigenvalue weighted by atomic mass is 10.1. The standard InChI is InChI=1S/C9H21N3O/c1-7(2)12(4-5-13)8(3)6-9(10)11/h7-8,13H,4-6H2,1-3H3,(H3,10,11). The van der Waals surface area contributed by atoms with Crippen LogP contribution in [0.15, 0.2) is 0 Å². The number of amidine groups is 1. The van der Waals surface area contributed by atoms with E-state index in [4.69, 9.17) is 16.2 Å². The van der Waals surface area contributed by atoms with Crippen LogP contribution in [-0.4, -0.2) is 41.1 Å². The Hall–Kier alpha value is -0.610. The number of aliphatic hydroxyl groups is 1. The molecule has 4 heteroatoms. The van der Waals surface area contributed by atoms with Gasteiger partial charge in [-0.05, 0) is 20.8 Å². The summed E-state index contributed by atoms with van der Waals surface area (Å²) in [6, 6.07) is 0.603. The van der Waals surface area contributed by atoms with Gasteiger partial charge < -0.3 is 10.8 Å². The first-order chi connectivity index (χ1) is 5.99. The molecule has 0 aromatic carbocycles. The topological polar surface area (TPSA) is 73.3 Å². The summed E-state index contributed by atoms with van der Waals surface area (Å²) >= 11 is 0. The van der Waals surface area contributed by atoms with Gasteiger partial charge in [0.2, 0.25) is 0 Å². The first kappa shape index (κ1) is 12.4. The molecule has 0 rings (SSSR count). The van der Waals surface area contributed by atoms with Crippen molar-refractivity contribution in [2.24, 2.45) is 5.73 Å². The van der Waals surface area contributed by atoms with Gasteiger partial charge in [-0.25, -0.2) is 0 Å². The average Bonchev–Trinajstić information content (AvgIpc) is 1.97. The summed E-state index contributed by atoms with van der Waals surface area (Å²) in [5.74, 6) is 0.205. The summed E-state index contributed by atoms with van der Waals surface area (Å²) in [6.07, 6.45) is 0.568. The van der Waals surface area contributed by atoms with Gasteiger partial charge >= 0.3 is 0 Å². The van der Waals surface area contributed by atoms with Gasteiger partial charge in [-0.1, -0.05) is 0 Å². The zero-order chi connectivity index (χ0) is 10.4. The monoisotopic (exact) mass is 187 g/mol. The molecule has 0 saturated carbocycles. The molecule has 4 nitrogen and oxygen atoms in total. The van der Waals surface area contributed by atoms with Crippen LogP contribution in [0.5, 0.6) is 0 Å². The summed E-state index contributed by atoms with van der Waals surface area (Å²) in [4.78, 5) is 2.14. The number of aliphatic hydroxyl groups excluding tert-OH is 1. The molecule has 0 aliphatic carbocycles. The van der Waals surface area contributed by atoms with E-state index in [1.54, 1.807) is 0 Å². The summed E-state index contributed by atoms with van der Waals surface area (Å²) in [5.41, 5.74) is 5.32. The fourth-order valence-corrected chi connectivity index (χ4v) is 1.54. The van der Waals surface area contributed by atoms with Gasteiger partial charge in [0, 0.05) is 25.0 Å². The maximum absolute atomic E-state index is 8.84. The average molecular weight is 187 g/mol. The molecule has 0 aliphatic rings. The van der Waals surface area contributed by atoms with Crippen molar-refractivity contribution in [3.8, 4) is 0 Å². The number of rotatable bonds is 6. The van der Waals surface area contributed by atoms with E-state index in [0.29, 0.717) is 19.0 Å². The lowest BCUT2D eigenvalue weighted by Gasteiger charge is -2.31. The second kappa shape index (κ2) is 5.94. The molecule has 0 bridgehead atoms. The Morgan fingerprint density at radius 2 is 2.00 bits per heavy atom. The highest BCUT2D eigenvalue weighted by atomic mass is 16.3. The van der Waals surface area contributed by atoms with Crippen LogP contribution < -0.4 is 5.73 Å². The molecule has 0 aromatic heterocycles. The minimum Gasteiger partial charge on any atom is -0.395 e. The fourth-order valence-electron chi connectivity index (χ4n) is 1.54. The third kappa shape index (κ3) is 4.85. The zero-order valence-corrected chi connectivity index (χ0v) is 8.75. The number of nitrogens with two attached hydrogens (primary N) is 1. The molecule has 1 unspecified atom stereocenters. The van der Waals surface area contributed by atoms with E-state index in [2.05, 4.69) is 18.7 Å². The first-order valence-corrected chi connectivity index (χ1v) is 4.68. The molecular formula is C9H21N3O. The van der Waals surface area contributed by atoms with Crippen LogP contribution in [0.1, 0.15) is 27.2 Å². The summed E-state index contributed by atoms with van der Waals surface area (Å²) in [7, 11) is 0. The van der Waals surface area contributed by atoms with Crippen molar-refractivity contribution in [1.29, 1.82) is 5.41 Å². The molecule has 4 N–H and O–H groups in total. The lowest BCUT2D eigenvalue weighted by molar-refractivity contribution is 0.128. The molecule has 0 spiro atoms. The van der Waals surface area contributed by atoms with Crippen molar-refractivity contribution in [1.82, 2.24) is 4.90 Å². The van der Waals surface area contributed by atoms with Crippen molar-refractivity contribution in [2.75, 3.05) is 13.2 Å². The molecule has 78 valence electrons. The highest BCUT2D eigenvalue weighted by Gasteiger charge is 2.16. The number of hydrogen-bond acceptors (Lipinski definition) is 3. The first-order valence-electron chi connectivity index (χ1n) is 4.68. The molecule has 0 aromatic rings. The van der Waals surface area contributed by atoms with Crippen molar-refractivity contribution >= 4 is 5.84 Å². The van der Waals surface area contributed by atoms with Crippen LogP contribution in [0, 0.1) is 5.41 Å². The van der Waals surface area contributed by atoms with E-state index < -0.39 is 0 Å². The van der Waals surface area contributed by atoms with Crippen LogP contribution >= 0.6 is 0 Å². The highest BCUT2D eigenvalue weighted by Crippen LogP contribution is 2.07. The molecule has 0 radical (unpaired) electrons. The van der Waals surface area contributed by atoms with Crippen molar-refractivity contribution in [3.63, 3.8) is 0 Å². The zero-order valence-electron chi connectivity index (χ0n) is 8.75. The van der Waals surface area contributed by atoms with Crippen LogP contribution in [0.3, 0.4) is 0 Å². The van der Waals surface area contributed by atoms with Gasteiger partial charge in [-0.3, -0.25) is 10.3 Å². The molecule has 0 aliphatic heterocycles. The Bertz CT molecular complexity index is 159. The molecule has 0 saturated heterocycles. The van der Waals surface area contributed by atoms with Gasteiger partial charge in [0.05, 0.1) is 12.4 Å². The minimum absolute atomic E-state index is 0.153. The van der Waals surface area contributed by atoms with Gasteiger partial charge in [0.25, 0.3) is 0 Å². The second-order valence-corrected chi connectivity index (χ2v) is 3.63. The third-order valence-corrected chi connectivity index (χ3v) is 2.10. The van der Waals surface area contributed by atoms with Gasteiger partial charge in [-0.2, -0.15) is 0 Å². The van der Waals surface area contributed by atoms with Crippen LogP contribution in [0.2, 0.25) is 0 Å². The number of hydrogen-bond donors (Lipinski definition) is 3. The quantitative estimate of drug-likeness (QED) is 0.416. The van der Waals surface area contributed by atoms with Crippen LogP contribution in [0.4, 0.5) is 0 Å². The van der Waals surface area contributed by atoms with E-state index in [0.717, 1.165) is 0 Å². The Labute approximate surface area is 80.2 Å². The highest BCUT2D eigenvalue weighted by molar-refractivity contribution is 5.77. The molecule has 13 heavy (non-hydrogen) atoms. The maximum Gasteiger partial charge on any atom is 0.0920 e. The van der Waals surface area contributed by atoms with Crippen molar-refractivity contribution < 1.29 is 5.11 Å². The maximum atomic E-state index is 8.84. The second-order valence-electron chi connectivity index (χ2n) is 3.63. The fraction of sp³-hybridized carbons (Fsp3) is 0.889. The lowest BCUT2D eigenvalue weighted by Crippen LogP contribution is -2.42. The molecule has 1 atom stereocenters. The van der Waals surface area contributed by atoms with Crippen LogP contribution in [-0.2, 0) is 0 Å². The SMILES string of the molecule is CC(C)N(CCO)C(C)CC(=N)N. The van der Waals surface area contributed by atoms with Crippen molar-refractivity contribution in [2.45, 2.75) is 39.3 Å². The summed E-state index contributed by atoms with van der Waals surface area (Å²) in [5, 5.41) is 16.0. The molecular weight excluding hydrogens is 166 g/mol. The molecule has 0 heterocycles. The Kier molecular flexibility index (Phi) is 5.66. The minimum atomic E-state index is 0.153. The van der Waals surface area contributed by atoms with Crippen molar-refractivity contribution in [3.05, 3.63) is 0 Å².